The highest BCUT2D eigenvalue weighted by molar-refractivity contribution is 6.39. The van der Waals surface area contributed by atoms with E-state index in [0.29, 0.717) is 10.0 Å². The molecule has 0 aliphatic carbocycles. The van der Waals surface area contributed by atoms with Crippen molar-refractivity contribution in [1.29, 1.82) is 0 Å². The van der Waals surface area contributed by atoms with Gasteiger partial charge in [-0.2, -0.15) is 0 Å². The number of hydrogen-bond donors (Lipinski definition) is 1. The highest BCUT2D eigenvalue weighted by Crippen LogP contribution is 2.43. The Labute approximate surface area is 128 Å². The second-order valence-electron chi connectivity index (χ2n) is 4.82. The smallest absolute Gasteiger partial charge is 0.150 e. The average molecular weight is 308 g/mol. The van der Waals surface area contributed by atoms with E-state index in [9.17, 15) is 0 Å². The molecular weight excluding hydrogens is 293 g/mol. The summed E-state index contributed by atoms with van der Waals surface area (Å²) in [4.78, 5) is 0. The fraction of sp³-hybridized carbons (Fsp3) is 0.250. The maximum Gasteiger partial charge on any atom is 0.150 e. The molecule has 2 aromatic carbocycles. The van der Waals surface area contributed by atoms with Gasteiger partial charge in [0.15, 0.2) is 0 Å². The second kappa shape index (κ2) is 5.65. The monoisotopic (exact) mass is 307 g/mol. The lowest BCUT2D eigenvalue weighted by molar-refractivity contribution is 0.148. The van der Waals surface area contributed by atoms with Crippen molar-refractivity contribution in [2.45, 2.75) is 19.1 Å². The van der Waals surface area contributed by atoms with E-state index in [4.69, 9.17) is 27.9 Å². The van der Waals surface area contributed by atoms with E-state index in [0.717, 1.165) is 29.7 Å². The molecule has 0 unspecified atom stereocenters. The van der Waals surface area contributed by atoms with Crippen LogP contribution in [0.3, 0.4) is 0 Å². The summed E-state index contributed by atoms with van der Waals surface area (Å²) >= 11 is 12.6. The van der Waals surface area contributed by atoms with E-state index >= 15 is 0 Å². The number of aryl methyl sites for hydroxylation is 1. The van der Waals surface area contributed by atoms with Gasteiger partial charge in [-0.1, -0.05) is 47.5 Å². The van der Waals surface area contributed by atoms with E-state index < -0.39 is 0 Å². The van der Waals surface area contributed by atoms with Gasteiger partial charge in [-0.25, -0.2) is 0 Å². The van der Waals surface area contributed by atoms with E-state index in [1.54, 1.807) is 0 Å². The Bertz CT molecular complexity index is 622. The predicted molar refractivity (Wildman–Crippen MR) is 83.7 cm³/mol. The van der Waals surface area contributed by atoms with Gasteiger partial charge in [0, 0.05) is 17.5 Å². The van der Waals surface area contributed by atoms with Crippen LogP contribution in [0.1, 0.15) is 12.0 Å². The zero-order chi connectivity index (χ0) is 14.1. The van der Waals surface area contributed by atoms with Gasteiger partial charge >= 0.3 is 0 Å². The molecule has 3 rings (SSSR count). The molecule has 0 amide bonds. The van der Waals surface area contributed by atoms with Gasteiger partial charge in [0.2, 0.25) is 0 Å². The predicted octanol–water partition coefficient (Wildman–Crippen LogP) is 4.53. The Morgan fingerprint density at radius 2 is 1.80 bits per heavy atom. The van der Waals surface area contributed by atoms with Crippen molar-refractivity contribution in [2.75, 3.05) is 7.05 Å². The first kappa shape index (κ1) is 13.7. The first-order valence-corrected chi connectivity index (χ1v) is 7.36. The van der Waals surface area contributed by atoms with Crippen molar-refractivity contribution in [2.24, 2.45) is 0 Å². The van der Waals surface area contributed by atoms with Crippen molar-refractivity contribution >= 4 is 23.2 Å². The van der Waals surface area contributed by atoms with Gasteiger partial charge in [-0.15, -0.1) is 0 Å². The third-order valence-electron chi connectivity index (χ3n) is 3.59. The van der Waals surface area contributed by atoms with Gasteiger partial charge in [0.25, 0.3) is 0 Å². The van der Waals surface area contributed by atoms with Crippen molar-refractivity contribution in [3.05, 3.63) is 52.0 Å². The van der Waals surface area contributed by atoms with Crippen molar-refractivity contribution < 1.29 is 4.74 Å². The lowest BCUT2D eigenvalue weighted by Gasteiger charge is -2.28. The molecule has 1 N–H and O–H groups in total. The molecule has 0 aromatic heterocycles. The van der Waals surface area contributed by atoms with Crippen LogP contribution in [0.4, 0.5) is 0 Å². The van der Waals surface area contributed by atoms with Gasteiger partial charge in [0.05, 0.1) is 10.0 Å². The van der Waals surface area contributed by atoms with E-state index in [1.165, 1.54) is 5.56 Å². The maximum absolute atomic E-state index is 6.32. The molecule has 1 aliphatic rings. The largest absolute Gasteiger partial charge is 0.474 e. The van der Waals surface area contributed by atoms with E-state index in [2.05, 4.69) is 11.4 Å². The van der Waals surface area contributed by atoms with Crippen LogP contribution in [-0.2, 0) is 6.42 Å². The Balaban J connectivity index is 2.16. The molecule has 20 heavy (non-hydrogen) atoms. The molecule has 1 aliphatic heterocycles. The minimum Gasteiger partial charge on any atom is -0.474 e. The zero-order valence-corrected chi connectivity index (χ0v) is 12.6. The lowest BCUT2D eigenvalue weighted by Crippen LogP contribution is -2.34. The topological polar surface area (TPSA) is 21.3 Å². The minimum absolute atomic E-state index is 0.0323. The molecule has 2 aromatic rings. The van der Waals surface area contributed by atoms with Gasteiger partial charge in [-0.05, 0) is 31.2 Å². The number of benzene rings is 2. The van der Waals surface area contributed by atoms with Crippen LogP contribution in [0.15, 0.2) is 36.4 Å². The Morgan fingerprint density at radius 3 is 2.50 bits per heavy atom. The number of halogens is 2. The molecule has 0 radical (unpaired) electrons. The molecule has 0 spiro atoms. The molecule has 2 nitrogen and oxygen atoms in total. The molecule has 0 fully saturated rings. The van der Waals surface area contributed by atoms with Gasteiger partial charge < -0.3 is 4.74 Å². The highest BCUT2D eigenvalue weighted by Gasteiger charge is 2.23. The molecule has 0 bridgehead atoms. The molecule has 0 saturated heterocycles. The number of nitrogens with one attached hydrogen (secondary N) is 1. The fourth-order valence-corrected chi connectivity index (χ4v) is 3.16. The van der Waals surface area contributed by atoms with Crippen LogP contribution in [0.25, 0.3) is 11.1 Å². The zero-order valence-electron chi connectivity index (χ0n) is 11.1. The van der Waals surface area contributed by atoms with Gasteiger partial charge in [0.1, 0.15) is 12.0 Å². The summed E-state index contributed by atoms with van der Waals surface area (Å²) < 4.78 is 6.05. The van der Waals surface area contributed by atoms with E-state index in [-0.39, 0.29) is 6.23 Å². The van der Waals surface area contributed by atoms with Crippen LogP contribution in [0.5, 0.6) is 5.75 Å². The molecular formula is C16H15Cl2NO. The third kappa shape index (κ3) is 2.39. The summed E-state index contributed by atoms with van der Waals surface area (Å²) in [6.07, 6.45) is 1.98. The first-order valence-electron chi connectivity index (χ1n) is 6.61. The molecule has 1 heterocycles. The standard InChI is InChI=1S/C16H15Cl2NO/c1-19-14-9-8-10-4-2-5-11(16(10)20-14)15-12(17)6-3-7-13(15)18/h2-7,14,19H,8-9H2,1H3/t14-/m1/s1. The van der Waals surface area contributed by atoms with Crippen molar-refractivity contribution in [3.63, 3.8) is 0 Å². The maximum atomic E-state index is 6.32. The summed E-state index contributed by atoms with van der Waals surface area (Å²) in [6, 6.07) is 11.7. The SMILES string of the molecule is CN[C@H]1CCc2cccc(-c3c(Cl)cccc3Cl)c2O1. The van der Waals surface area contributed by atoms with Crippen LogP contribution in [-0.4, -0.2) is 13.3 Å². The minimum atomic E-state index is 0.0323. The summed E-state index contributed by atoms with van der Waals surface area (Å²) in [5, 5.41) is 4.44. The number of rotatable bonds is 2. The number of fused-ring (bicyclic) bond motifs is 1. The quantitative estimate of drug-likeness (QED) is 0.880. The number of para-hydroxylation sites is 1. The van der Waals surface area contributed by atoms with E-state index in [1.807, 2.05) is 37.4 Å². The highest BCUT2D eigenvalue weighted by atomic mass is 35.5. The van der Waals surface area contributed by atoms with Crippen molar-refractivity contribution in [3.8, 4) is 16.9 Å². The van der Waals surface area contributed by atoms with Crippen molar-refractivity contribution in [1.82, 2.24) is 5.32 Å². The summed E-state index contributed by atoms with van der Waals surface area (Å²) in [5.74, 6) is 0.883. The van der Waals surface area contributed by atoms with Crippen LogP contribution in [0.2, 0.25) is 10.0 Å². The Morgan fingerprint density at radius 1 is 1.10 bits per heavy atom. The number of hydrogen-bond acceptors (Lipinski definition) is 2. The number of ether oxygens (including phenoxy) is 1. The van der Waals surface area contributed by atoms with Crippen LogP contribution in [0, 0.1) is 0 Å². The lowest BCUT2D eigenvalue weighted by atomic mass is 9.97. The first-order chi connectivity index (χ1) is 9.70. The molecule has 4 heteroatoms. The third-order valence-corrected chi connectivity index (χ3v) is 4.22. The molecule has 104 valence electrons. The Kier molecular flexibility index (Phi) is 3.88. The van der Waals surface area contributed by atoms with Crippen LogP contribution < -0.4 is 10.1 Å². The van der Waals surface area contributed by atoms with Crippen LogP contribution >= 0.6 is 23.2 Å². The molecule has 1 atom stereocenters. The summed E-state index contributed by atoms with van der Waals surface area (Å²) in [6.45, 7) is 0. The summed E-state index contributed by atoms with van der Waals surface area (Å²) in [5.41, 5.74) is 2.99. The average Bonchev–Trinajstić information content (AvgIpc) is 2.47. The normalized spacial score (nSPS) is 17.4. The summed E-state index contributed by atoms with van der Waals surface area (Å²) in [7, 11) is 1.90. The fourth-order valence-electron chi connectivity index (χ4n) is 2.56. The Hall–Kier alpha value is -1.22. The molecule has 0 saturated carbocycles. The second-order valence-corrected chi connectivity index (χ2v) is 5.64. The van der Waals surface area contributed by atoms with Gasteiger partial charge in [-0.3, -0.25) is 5.32 Å².